The molecule has 0 radical (unpaired) electrons. The summed E-state index contributed by atoms with van der Waals surface area (Å²) in [6.45, 7) is 0. The lowest BCUT2D eigenvalue weighted by Gasteiger charge is -2.40. The van der Waals surface area contributed by atoms with Crippen molar-refractivity contribution in [1.82, 2.24) is 0 Å². The minimum absolute atomic E-state index is 1.11. The summed E-state index contributed by atoms with van der Waals surface area (Å²) < 4.78 is 0. The summed E-state index contributed by atoms with van der Waals surface area (Å²) in [4.78, 5) is 0. The first-order chi connectivity index (χ1) is 12.9. The normalized spacial score (nSPS) is 37.2. The van der Waals surface area contributed by atoms with Crippen LogP contribution in [-0.2, 0) is 0 Å². The van der Waals surface area contributed by atoms with E-state index in [1.165, 1.54) is 32.1 Å². The van der Waals surface area contributed by atoms with E-state index in [-0.39, 0.29) is 0 Å². The van der Waals surface area contributed by atoms with Gasteiger partial charge in [-0.1, -0.05) is 103 Å². The molecule has 150 valence electrons. The molecule has 4 aliphatic carbocycles. The molecule has 0 spiro atoms. The van der Waals surface area contributed by atoms with Crippen LogP contribution in [0.2, 0.25) is 0 Å². The first-order valence-electron chi connectivity index (χ1n) is 12.9. The van der Waals surface area contributed by atoms with Crippen molar-refractivity contribution in [2.45, 2.75) is 128 Å². The van der Waals surface area contributed by atoms with Crippen LogP contribution in [0.3, 0.4) is 0 Å². The predicted octanol–water partition coefficient (Wildman–Crippen LogP) is 8.54. The Morgan fingerprint density at radius 1 is 0.192 bits per heavy atom. The van der Waals surface area contributed by atoms with E-state index in [4.69, 9.17) is 0 Å². The molecule has 0 N–H and O–H groups in total. The van der Waals surface area contributed by atoms with Crippen molar-refractivity contribution in [3.05, 3.63) is 0 Å². The molecule has 0 nitrogen and oxygen atoms in total. The molecule has 0 aromatic heterocycles. The summed E-state index contributed by atoms with van der Waals surface area (Å²) in [6, 6.07) is 0. The van der Waals surface area contributed by atoms with Gasteiger partial charge in [0.1, 0.15) is 0 Å². The molecule has 4 saturated carbocycles. The Morgan fingerprint density at radius 3 is 0.731 bits per heavy atom. The second-order valence-corrected chi connectivity index (χ2v) is 10.9. The molecular weight excluding hydrogens is 312 g/mol. The number of hydrogen-bond acceptors (Lipinski definition) is 0. The zero-order valence-corrected chi connectivity index (χ0v) is 17.6. The Balaban J connectivity index is 1.35. The fraction of sp³-hybridized carbons (Fsp3) is 1.00. The van der Waals surface area contributed by atoms with Gasteiger partial charge in [0.25, 0.3) is 0 Å². The smallest absolute Gasteiger partial charge is 0.0386 e. The molecule has 0 saturated heterocycles. The van der Waals surface area contributed by atoms with Crippen LogP contribution in [0.5, 0.6) is 0 Å². The van der Waals surface area contributed by atoms with E-state index in [1.807, 2.05) is 0 Å². The Kier molecular flexibility index (Phi) is 7.41. The van der Waals surface area contributed by atoms with Crippen molar-refractivity contribution in [2.75, 3.05) is 0 Å². The van der Waals surface area contributed by atoms with Crippen LogP contribution in [0.15, 0.2) is 0 Å². The second-order valence-electron chi connectivity index (χ2n) is 10.9. The quantitative estimate of drug-likeness (QED) is 0.474. The monoisotopic (exact) mass is 358 g/mol. The van der Waals surface area contributed by atoms with Crippen LogP contribution in [0.4, 0.5) is 0 Å². The number of hydrogen-bond donors (Lipinski definition) is 0. The molecule has 0 aromatic rings. The topological polar surface area (TPSA) is 0 Å². The maximum Gasteiger partial charge on any atom is -0.0386 e. The lowest BCUT2D eigenvalue weighted by molar-refractivity contribution is 0.118. The number of rotatable bonds is 3. The molecule has 0 bridgehead atoms. The zero-order valence-electron chi connectivity index (χ0n) is 17.6. The Labute approximate surface area is 164 Å². The Bertz CT molecular complexity index is 357. The molecule has 4 fully saturated rings. The van der Waals surface area contributed by atoms with E-state index >= 15 is 0 Å². The van der Waals surface area contributed by atoms with Gasteiger partial charge < -0.3 is 0 Å². The fourth-order valence-corrected chi connectivity index (χ4v) is 6.78. The SMILES string of the molecule is C1CCCC(C2CCC2)CCC(C2CCC2)CCC(C2CCC2)CCC1. The molecule has 4 aliphatic rings. The maximum absolute atomic E-state index is 1.60. The van der Waals surface area contributed by atoms with Crippen molar-refractivity contribution in [3.8, 4) is 0 Å². The highest BCUT2D eigenvalue weighted by Crippen LogP contribution is 2.45. The van der Waals surface area contributed by atoms with E-state index in [1.54, 1.807) is 96.3 Å². The maximum atomic E-state index is 1.60. The molecular formula is C26H46. The Morgan fingerprint density at radius 2 is 0.423 bits per heavy atom. The van der Waals surface area contributed by atoms with Gasteiger partial charge in [-0.3, -0.25) is 0 Å². The average molecular weight is 359 g/mol. The van der Waals surface area contributed by atoms with Crippen LogP contribution in [-0.4, -0.2) is 0 Å². The van der Waals surface area contributed by atoms with Crippen molar-refractivity contribution in [1.29, 1.82) is 0 Å². The average Bonchev–Trinajstić information content (AvgIpc) is 2.49. The van der Waals surface area contributed by atoms with Gasteiger partial charge in [-0.2, -0.15) is 0 Å². The van der Waals surface area contributed by atoms with E-state index in [0.717, 1.165) is 35.5 Å². The van der Waals surface area contributed by atoms with Crippen LogP contribution in [0.1, 0.15) is 128 Å². The minimum atomic E-state index is 1.11. The van der Waals surface area contributed by atoms with E-state index in [2.05, 4.69) is 0 Å². The van der Waals surface area contributed by atoms with E-state index in [9.17, 15) is 0 Å². The minimum Gasteiger partial charge on any atom is -0.0533 e. The van der Waals surface area contributed by atoms with Crippen molar-refractivity contribution in [3.63, 3.8) is 0 Å². The van der Waals surface area contributed by atoms with Gasteiger partial charge in [-0.15, -0.1) is 0 Å². The molecule has 26 heavy (non-hydrogen) atoms. The fourth-order valence-electron chi connectivity index (χ4n) is 6.78. The highest BCUT2D eigenvalue weighted by Gasteiger charge is 2.33. The molecule has 0 heteroatoms. The van der Waals surface area contributed by atoms with Crippen LogP contribution in [0.25, 0.3) is 0 Å². The summed E-state index contributed by atoms with van der Waals surface area (Å²) in [5, 5.41) is 0. The molecule has 0 aromatic carbocycles. The molecule has 0 amide bonds. The first kappa shape index (κ1) is 19.3. The van der Waals surface area contributed by atoms with Crippen LogP contribution in [0, 0.1) is 35.5 Å². The largest absolute Gasteiger partial charge is 0.0533 e. The van der Waals surface area contributed by atoms with Crippen LogP contribution >= 0.6 is 0 Å². The summed E-state index contributed by atoms with van der Waals surface area (Å²) >= 11 is 0. The third-order valence-corrected chi connectivity index (χ3v) is 9.42. The van der Waals surface area contributed by atoms with Crippen molar-refractivity contribution >= 4 is 0 Å². The molecule has 0 aliphatic heterocycles. The molecule has 4 rings (SSSR count). The summed E-state index contributed by atoms with van der Waals surface area (Å²) in [5.41, 5.74) is 0. The van der Waals surface area contributed by atoms with E-state index in [0.29, 0.717) is 0 Å². The molecule has 2 unspecified atom stereocenters. The highest BCUT2D eigenvalue weighted by atomic mass is 14.4. The lowest BCUT2D eigenvalue weighted by Crippen LogP contribution is -2.28. The molecule has 2 atom stereocenters. The van der Waals surface area contributed by atoms with Gasteiger partial charge in [0, 0.05) is 0 Å². The second kappa shape index (κ2) is 9.97. The summed E-state index contributed by atoms with van der Waals surface area (Å²) in [6.07, 6.45) is 31.3. The van der Waals surface area contributed by atoms with Gasteiger partial charge in [0.2, 0.25) is 0 Å². The van der Waals surface area contributed by atoms with Gasteiger partial charge in [-0.25, -0.2) is 0 Å². The Hall–Kier alpha value is 0. The van der Waals surface area contributed by atoms with Crippen molar-refractivity contribution < 1.29 is 0 Å². The first-order valence-corrected chi connectivity index (χ1v) is 12.9. The van der Waals surface area contributed by atoms with Crippen LogP contribution < -0.4 is 0 Å². The predicted molar refractivity (Wildman–Crippen MR) is 113 cm³/mol. The third kappa shape index (κ3) is 5.08. The van der Waals surface area contributed by atoms with Gasteiger partial charge in [-0.05, 0) is 61.2 Å². The summed E-state index contributed by atoms with van der Waals surface area (Å²) in [7, 11) is 0. The molecule has 0 heterocycles. The van der Waals surface area contributed by atoms with Gasteiger partial charge in [0.15, 0.2) is 0 Å². The van der Waals surface area contributed by atoms with E-state index < -0.39 is 0 Å². The summed E-state index contributed by atoms with van der Waals surface area (Å²) in [5.74, 6) is 6.72. The van der Waals surface area contributed by atoms with Gasteiger partial charge in [0.05, 0.1) is 0 Å². The third-order valence-electron chi connectivity index (χ3n) is 9.42. The standard InChI is InChI=1S/C26H46/c1-2-4-9-24(21-11-6-12-21)17-19-26(23-15-8-16-23)20-18-25(10-5-3-1)22-13-7-14-22/h21-26H,1-20H2. The lowest BCUT2D eigenvalue weighted by atomic mass is 9.66. The zero-order chi connectivity index (χ0) is 17.6. The van der Waals surface area contributed by atoms with Crippen molar-refractivity contribution in [2.24, 2.45) is 35.5 Å². The van der Waals surface area contributed by atoms with Gasteiger partial charge >= 0.3 is 0 Å². The highest BCUT2D eigenvalue weighted by molar-refractivity contribution is 4.84.